The van der Waals surface area contributed by atoms with Crippen molar-refractivity contribution in [3.8, 4) is 0 Å². The molecule has 0 saturated carbocycles. The molecule has 0 unspecified atom stereocenters. The van der Waals surface area contributed by atoms with Crippen LogP contribution in [0.5, 0.6) is 0 Å². The summed E-state index contributed by atoms with van der Waals surface area (Å²) in [5.74, 6) is 0. The van der Waals surface area contributed by atoms with Crippen LogP contribution in [0.15, 0.2) is 11.8 Å². The van der Waals surface area contributed by atoms with Gasteiger partial charge in [0.2, 0.25) is 0 Å². The molecule has 1 heteroatoms. The van der Waals surface area contributed by atoms with Gasteiger partial charge in [-0.25, -0.2) is 0 Å². The Bertz CT molecular complexity index is 208. The summed E-state index contributed by atoms with van der Waals surface area (Å²) in [5, 5.41) is 9.27. The Labute approximate surface area is 127 Å². The number of aliphatic hydroxyl groups excluding tert-OH is 1. The van der Waals surface area contributed by atoms with Gasteiger partial charge in [0, 0.05) is 0 Å². The van der Waals surface area contributed by atoms with Crippen LogP contribution in [0, 0.1) is 0 Å². The van der Waals surface area contributed by atoms with Gasteiger partial charge in [-0.3, -0.25) is 0 Å². The van der Waals surface area contributed by atoms with Gasteiger partial charge in [-0.2, -0.15) is 0 Å². The van der Waals surface area contributed by atoms with Gasteiger partial charge < -0.3 is 5.11 Å². The van der Waals surface area contributed by atoms with Crippen LogP contribution in [-0.2, 0) is 0 Å². The van der Waals surface area contributed by atoms with Crippen LogP contribution in [0.1, 0.15) is 110 Å². The van der Waals surface area contributed by atoms with E-state index >= 15 is 0 Å². The van der Waals surface area contributed by atoms with Crippen molar-refractivity contribution >= 4 is 0 Å². The lowest BCUT2D eigenvalue weighted by Crippen LogP contribution is -1.88. The largest absolute Gasteiger partial charge is 0.516 e. The maximum Gasteiger partial charge on any atom is 0.0783 e. The van der Waals surface area contributed by atoms with E-state index in [1.165, 1.54) is 95.3 Å². The number of hydrogen-bond acceptors (Lipinski definition) is 1. The molecule has 0 aromatic rings. The van der Waals surface area contributed by atoms with E-state index in [0.29, 0.717) is 0 Å². The van der Waals surface area contributed by atoms with Crippen LogP contribution in [0.2, 0.25) is 0 Å². The van der Waals surface area contributed by atoms with Crippen LogP contribution in [-0.4, -0.2) is 5.11 Å². The van der Waals surface area contributed by atoms with Gasteiger partial charge in [-0.05, 0) is 31.3 Å². The molecule has 0 saturated heterocycles. The molecule has 0 aliphatic rings. The first-order chi connectivity index (χ1) is 9.85. The van der Waals surface area contributed by atoms with E-state index in [4.69, 9.17) is 0 Å². The number of hydrogen-bond donors (Lipinski definition) is 1. The first kappa shape index (κ1) is 19.5. The van der Waals surface area contributed by atoms with Crippen molar-refractivity contribution in [2.45, 2.75) is 110 Å². The molecular formula is C19H38O. The number of unbranched alkanes of at least 4 members (excludes halogenated alkanes) is 11. The van der Waals surface area contributed by atoms with Crippen molar-refractivity contribution in [3.05, 3.63) is 11.8 Å². The topological polar surface area (TPSA) is 20.2 Å². The Morgan fingerprint density at radius 1 is 0.600 bits per heavy atom. The van der Waals surface area contributed by atoms with Crippen LogP contribution in [0.3, 0.4) is 0 Å². The van der Waals surface area contributed by atoms with Gasteiger partial charge in [0.25, 0.3) is 0 Å². The minimum atomic E-state index is 1.11. The highest BCUT2D eigenvalue weighted by Crippen LogP contribution is 2.17. The zero-order valence-corrected chi connectivity index (χ0v) is 14.1. The van der Waals surface area contributed by atoms with Crippen LogP contribution >= 0.6 is 0 Å². The Morgan fingerprint density at radius 3 is 1.30 bits per heavy atom. The molecule has 0 radical (unpaired) electrons. The summed E-state index contributed by atoms with van der Waals surface area (Å²) in [4.78, 5) is 0. The monoisotopic (exact) mass is 282 g/mol. The molecule has 1 nitrogen and oxygen atoms in total. The SMILES string of the molecule is CCCCCCCCCCC(=CO)CCCCCCC. The van der Waals surface area contributed by atoms with Crippen LogP contribution < -0.4 is 0 Å². The second-order valence-electron chi connectivity index (χ2n) is 6.18. The fraction of sp³-hybridized carbons (Fsp3) is 0.895. The molecule has 120 valence electrons. The molecule has 0 amide bonds. The van der Waals surface area contributed by atoms with Gasteiger partial charge in [0.15, 0.2) is 0 Å². The van der Waals surface area contributed by atoms with Gasteiger partial charge in [-0.15, -0.1) is 0 Å². The molecule has 0 aromatic heterocycles. The standard InChI is InChI=1S/C19H38O/c1-3-5-7-9-10-11-13-15-17-19(18-20)16-14-12-8-6-4-2/h18,20H,3-17H2,1-2H3. The molecule has 0 atom stereocenters. The molecule has 0 aromatic carbocycles. The Hall–Kier alpha value is -0.460. The molecule has 0 aliphatic heterocycles. The maximum absolute atomic E-state index is 9.27. The van der Waals surface area contributed by atoms with Gasteiger partial charge in [-0.1, -0.05) is 84.5 Å². The van der Waals surface area contributed by atoms with Crippen LogP contribution in [0.25, 0.3) is 0 Å². The van der Waals surface area contributed by atoms with E-state index in [1.807, 2.05) is 0 Å². The van der Waals surface area contributed by atoms with E-state index in [2.05, 4.69) is 13.8 Å². The summed E-state index contributed by atoms with van der Waals surface area (Å²) in [6.07, 6.45) is 21.1. The van der Waals surface area contributed by atoms with E-state index in [0.717, 1.165) is 12.8 Å². The van der Waals surface area contributed by atoms with Crippen LogP contribution in [0.4, 0.5) is 0 Å². The highest BCUT2D eigenvalue weighted by atomic mass is 16.2. The lowest BCUT2D eigenvalue weighted by molar-refractivity contribution is 0.456. The zero-order valence-electron chi connectivity index (χ0n) is 14.1. The van der Waals surface area contributed by atoms with E-state index in [1.54, 1.807) is 0 Å². The van der Waals surface area contributed by atoms with Crippen molar-refractivity contribution in [3.63, 3.8) is 0 Å². The van der Waals surface area contributed by atoms with Crippen molar-refractivity contribution in [1.82, 2.24) is 0 Å². The third kappa shape index (κ3) is 14.0. The average molecular weight is 283 g/mol. The Kier molecular flexibility index (Phi) is 16.2. The van der Waals surface area contributed by atoms with Crippen molar-refractivity contribution in [2.75, 3.05) is 0 Å². The predicted molar refractivity (Wildman–Crippen MR) is 91.3 cm³/mol. The van der Waals surface area contributed by atoms with Crippen molar-refractivity contribution in [1.29, 1.82) is 0 Å². The molecule has 0 aliphatic carbocycles. The molecule has 1 N–H and O–H groups in total. The third-order valence-electron chi connectivity index (χ3n) is 4.14. The first-order valence-electron chi connectivity index (χ1n) is 9.17. The number of allylic oxidation sites excluding steroid dienone is 1. The fourth-order valence-corrected chi connectivity index (χ4v) is 2.70. The van der Waals surface area contributed by atoms with Gasteiger partial charge in [0.1, 0.15) is 0 Å². The number of rotatable bonds is 15. The summed E-state index contributed by atoms with van der Waals surface area (Å²) in [6, 6.07) is 0. The van der Waals surface area contributed by atoms with Crippen molar-refractivity contribution < 1.29 is 5.11 Å². The molecule has 0 bridgehead atoms. The second kappa shape index (κ2) is 16.6. The van der Waals surface area contributed by atoms with E-state index in [-0.39, 0.29) is 0 Å². The molecule has 0 rings (SSSR count). The maximum atomic E-state index is 9.27. The highest BCUT2D eigenvalue weighted by molar-refractivity contribution is 4.96. The normalized spacial score (nSPS) is 12.0. The fourth-order valence-electron chi connectivity index (χ4n) is 2.70. The minimum absolute atomic E-state index is 1.11. The zero-order chi connectivity index (χ0) is 14.9. The summed E-state index contributed by atoms with van der Waals surface area (Å²) in [6.45, 7) is 4.52. The third-order valence-corrected chi connectivity index (χ3v) is 4.14. The summed E-state index contributed by atoms with van der Waals surface area (Å²) in [5.41, 5.74) is 1.27. The van der Waals surface area contributed by atoms with E-state index < -0.39 is 0 Å². The second-order valence-corrected chi connectivity index (χ2v) is 6.18. The summed E-state index contributed by atoms with van der Waals surface area (Å²) >= 11 is 0. The quantitative estimate of drug-likeness (QED) is 0.246. The molecule has 0 heterocycles. The Balaban J connectivity index is 3.33. The van der Waals surface area contributed by atoms with Crippen molar-refractivity contribution in [2.24, 2.45) is 0 Å². The lowest BCUT2D eigenvalue weighted by atomic mass is 10.0. The molecular weight excluding hydrogens is 244 g/mol. The molecule has 0 fully saturated rings. The molecule has 0 spiro atoms. The average Bonchev–Trinajstić information content (AvgIpc) is 2.47. The smallest absolute Gasteiger partial charge is 0.0783 e. The van der Waals surface area contributed by atoms with E-state index in [9.17, 15) is 5.11 Å². The minimum Gasteiger partial charge on any atom is -0.516 e. The van der Waals surface area contributed by atoms with Gasteiger partial charge in [0.05, 0.1) is 6.26 Å². The highest BCUT2D eigenvalue weighted by Gasteiger charge is 1.99. The Morgan fingerprint density at radius 2 is 0.950 bits per heavy atom. The predicted octanol–water partition coefficient (Wildman–Crippen LogP) is 7.32. The summed E-state index contributed by atoms with van der Waals surface area (Å²) < 4.78 is 0. The number of aliphatic hydroxyl groups is 1. The van der Waals surface area contributed by atoms with Gasteiger partial charge >= 0.3 is 0 Å². The lowest BCUT2D eigenvalue weighted by Gasteiger charge is -2.06. The summed E-state index contributed by atoms with van der Waals surface area (Å²) in [7, 11) is 0. The first-order valence-corrected chi connectivity index (χ1v) is 9.17. The molecule has 20 heavy (non-hydrogen) atoms.